The first-order valence-corrected chi connectivity index (χ1v) is 3.06. The molecular formula is C4H10BrOZr. The van der Waals surface area contributed by atoms with Crippen molar-refractivity contribution in [3.05, 3.63) is 0 Å². The first kappa shape index (κ1) is 11.2. The van der Waals surface area contributed by atoms with Crippen LogP contribution in [0.4, 0.5) is 0 Å². The second kappa shape index (κ2) is 7.32. The maximum atomic E-state index is 4.89. The average molecular weight is 245 g/mol. The first-order chi connectivity index (χ1) is 2.77. The van der Waals surface area contributed by atoms with E-state index in [1.165, 1.54) is 25.2 Å². The van der Waals surface area contributed by atoms with Crippen LogP contribution in [0.5, 0.6) is 0 Å². The van der Waals surface area contributed by atoms with E-state index in [-0.39, 0.29) is 17.0 Å². The minimum atomic E-state index is 0. The molecule has 0 aliphatic heterocycles. The summed E-state index contributed by atoms with van der Waals surface area (Å²) in [7, 11) is 0. The van der Waals surface area contributed by atoms with Crippen molar-refractivity contribution in [1.82, 2.24) is 0 Å². The van der Waals surface area contributed by atoms with Gasteiger partial charge >= 0.3 is 54.3 Å². The fourth-order valence-electron chi connectivity index (χ4n) is 0.167. The van der Waals surface area contributed by atoms with Crippen LogP contribution in [0, 0.1) is 5.92 Å². The fourth-order valence-corrected chi connectivity index (χ4v) is 0.986. The zero-order chi connectivity index (χ0) is 4.99. The molecule has 0 aliphatic carbocycles. The van der Waals surface area contributed by atoms with E-state index in [0.29, 0.717) is 5.92 Å². The number of hydrogen-bond acceptors (Lipinski definition) is 1. The topological polar surface area (TPSA) is 9.23 Å². The predicted octanol–water partition coefficient (Wildman–Crippen LogP) is 1.70. The Labute approximate surface area is 71.1 Å². The molecule has 0 aromatic carbocycles. The summed E-state index contributed by atoms with van der Waals surface area (Å²) in [4.78, 5) is 0. The molecule has 0 spiro atoms. The Morgan fingerprint density at radius 3 is 2.00 bits per heavy atom. The Morgan fingerprint density at radius 1 is 1.57 bits per heavy atom. The molecule has 3 heteroatoms. The molecule has 0 radical (unpaired) electrons. The molecule has 0 aliphatic rings. The quantitative estimate of drug-likeness (QED) is 0.719. The van der Waals surface area contributed by atoms with Crippen molar-refractivity contribution < 1.29 is 28.0 Å². The summed E-state index contributed by atoms with van der Waals surface area (Å²) < 4.78 is 4.89. The number of hydrogen-bond donors (Lipinski definition) is 0. The van der Waals surface area contributed by atoms with Crippen molar-refractivity contribution >= 4 is 17.0 Å². The molecule has 0 bridgehead atoms. The van der Waals surface area contributed by atoms with Crippen molar-refractivity contribution in [1.29, 1.82) is 0 Å². The van der Waals surface area contributed by atoms with Crippen LogP contribution in [0.3, 0.4) is 0 Å². The van der Waals surface area contributed by atoms with E-state index in [9.17, 15) is 0 Å². The van der Waals surface area contributed by atoms with Crippen LogP contribution in [-0.4, -0.2) is 6.61 Å². The third-order valence-electron chi connectivity index (χ3n) is 0.417. The van der Waals surface area contributed by atoms with Gasteiger partial charge in [0.2, 0.25) is 0 Å². The van der Waals surface area contributed by atoms with Gasteiger partial charge in [-0.05, 0) is 0 Å². The molecule has 0 aromatic rings. The molecule has 0 amide bonds. The molecule has 43 valence electrons. The molecule has 0 N–H and O–H groups in total. The zero-order valence-electron chi connectivity index (χ0n) is 4.60. The van der Waals surface area contributed by atoms with E-state index < -0.39 is 0 Å². The second-order valence-corrected chi connectivity index (χ2v) is 2.41. The molecule has 0 saturated carbocycles. The summed E-state index contributed by atoms with van der Waals surface area (Å²) in [5.74, 6) is 0.698. The van der Waals surface area contributed by atoms with Crippen molar-refractivity contribution in [3.8, 4) is 0 Å². The van der Waals surface area contributed by atoms with Gasteiger partial charge in [0.05, 0.1) is 0 Å². The Bertz CT molecular complexity index is 32.9. The summed E-state index contributed by atoms with van der Waals surface area (Å²) in [6.45, 7) is 5.20. The Balaban J connectivity index is 0. The fraction of sp³-hybridized carbons (Fsp3) is 1.00. The standard InChI is InChI=1S/C4H9O.BrH.Zr/c1-4(2)3-5;;/h4H,3H2,1-2H3;1H;/q-1;;+1. The van der Waals surface area contributed by atoms with Gasteiger partial charge in [0.15, 0.2) is 0 Å². The van der Waals surface area contributed by atoms with Crippen LogP contribution in [0.25, 0.3) is 0 Å². The van der Waals surface area contributed by atoms with Gasteiger partial charge in [0.1, 0.15) is 0 Å². The van der Waals surface area contributed by atoms with Crippen LogP contribution in [0.1, 0.15) is 13.8 Å². The van der Waals surface area contributed by atoms with Crippen molar-refractivity contribution in [2.45, 2.75) is 13.8 Å². The Kier molecular flexibility index (Phi) is 11.7. The van der Waals surface area contributed by atoms with Gasteiger partial charge in [-0.3, -0.25) is 0 Å². The molecule has 0 aromatic heterocycles. The van der Waals surface area contributed by atoms with Crippen LogP contribution in [-0.2, 0) is 28.0 Å². The van der Waals surface area contributed by atoms with Crippen molar-refractivity contribution in [2.75, 3.05) is 6.61 Å². The van der Waals surface area contributed by atoms with E-state index in [1.807, 2.05) is 0 Å². The molecule has 0 heterocycles. The van der Waals surface area contributed by atoms with Crippen molar-refractivity contribution in [3.63, 3.8) is 0 Å². The molecule has 0 fully saturated rings. The van der Waals surface area contributed by atoms with E-state index in [4.69, 9.17) is 2.81 Å². The molecule has 0 saturated heterocycles. The second-order valence-electron chi connectivity index (χ2n) is 1.70. The molecule has 0 unspecified atom stereocenters. The van der Waals surface area contributed by atoms with E-state index in [1.54, 1.807) is 0 Å². The van der Waals surface area contributed by atoms with E-state index >= 15 is 0 Å². The summed E-state index contributed by atoms with van der Waals surface area (Å²) in [6, 6.07) is 0. The Morgan fingerprint density at radius 2 is 2.00 bits per heavy atom. The third-order valence-corrected chi connectivity index (χ3v) is 0.826. The van der Waals surface area contributed by atoms with Crippen molar-refractivity contribution in [2.24, 2.45) is 5.92 Å². The third kappa shape index (κ3) is 11.1. The normalized spacial score (nSPS) is 8.29. The van der Waals surface area contributed by atoms with Gasteiger partial charge in [0.25, 0.3) is 0 Å². The first-order valence-electron chi connectivity index (χ1n) is 2.06. The van der Waals surface area contributed by atoms with E-state index in [2.05, 4.69) is 13.8 Å². The van der Waals surface area contributed by atoms with Gasteiger partial charge in [0, 0.05) is 0 Å². The number of halogens is 1. The molecule has 0 atom stereocenters. The summed E-state index contributed by atoms with van der Waals surface area (Å²) in [6.07, 6.45) is 0. The summed E-state index contributed by atoms with van der Waals surface area (Å²) in [5, 5.41) is 0. The van der Waals surface area contributed by atoms with Gasteiger partial charge in [-0.15, -0.1) is 17.0 Å². The summed E-state index contributed by atoms with van der Waals surface area (Å²) >= 11 is 1.18. The van der Waals surface area contributed by atoms with Gasteiger partial charge in [-0.2, -0.15) is 0 Å². The van der Waals surface area contributed by atoms with Crippen LogP contribution in [0.2, 0.25) is 0 Å². The SMILES string of the molecule is Br.CC(C)C[O][Zr]. The van der Waals surface area contributed by atoms with Gasteiger partial charge < -0.3 is 0 Å². The molecule has 1 nitrogen and oxygen atoms in total. The minimum absolute atomic E-state index is 0. The van der Waals surface area contributed by atoms with Crippen LogP contribution < -0.4 is 0 Å². The van der Waals surface area contributed by atoms with Crippen LogP contribution in [0.15, 0.2) is 0 Å². The number of rotatable bonds is 2. The molecule has 7 heavy (non-hydrogen) atoms. The van der Waals surface area contributed by atoms with Gasteiger partial charge in [-0.1, -0.05) is 0 Å². The average Bonchev–Trinajstić information content (AvgIpc) is 1.35. The van der Waals surface area contributed by atoms with E-state index in [0.717, 1.165) is 6.61 Å². The molecular weight excluding hydrogens is 235 g/mol. The predicted molar refractivity (Wildman–Crippen MR) is 31.1 cm³/mol. The molecule has 0 rings (SSSR count). The zero-order valence-corrected chi connectivity index (χ0v) is 8.77. The summed E-state index contributed by atoms with van der Waals surface area (Å²) in [5.41, 5.74) is 0. The Hall–Kier alpha value is 1.32. The maximum absolute atomic E-state index is 4.89. The van der Waals surface area contributed by atoms with Gasteiger partial charge in [-0.25, -0.2) is 0 Å². The van der Waals surface area contributed by atoms with Crippen LogP contribution >= 0.6 is 17.0 Å². The monoisotopic (exact) mass is 243 g/mol.